The van der Waals surface area contributed by atoms with E-state index in [1.54, 1.807) is 24.3 Å². The molecule has 0 saturated heterocycles. The Morgan fingerprint density at radius 1 is 0.853 bits per heavy atom. The maximum Gasteiger partial charge on any atom is 0.251 e. The van der Waals surface area contributed by atoms with Gasteiger partial charge >= 0.3 is 0 Å². The summed E-state index contributed by atoms with van der Waals surface area (Å²) in [5, 5.41) is 8.85. The molecule has 6 nitrogen and oxygen atoms in total. The van der Waals surface area contributed by atoms with Crippen LogP contribution in [-0.4, -0.2) is 31.5 Å². The number of ether oxygens (including phenoxy) is 1. The van der Waals surface area contributed by atoms with Crippen LogP contribution < -0.4 is 20.7 Å². The maximum atomic E-state index is 12.4. The fourth-order valence-electron chi connectivity index (χ4n) is 3.38. The third kappa shape index (κ3) is 8.62. The first-order valence-electron chi connectivity index (χ1n) is 11.8. The lowest BCUT2D eigenvalue weighted by Crippen LogP contribution is -2.24. The number of hydrogen-bond acceptors (Lipinski definition) is 4. The molecular weight excluding hydrogens is 426 g/mol. The summed E-state index contributed by atoms with van der Waals surface area (Å²) in [5.74, 6) is 0.481. The minimum Gasteiger partial charge on any atom is -0.494 e. The van der Waals surface area contributed by atoms with E-state index in [4.69, 9.17) is 4.74 Å². The molecule has 0 bridgehead atoms. The van der Waals surface area contributed by atoms with Crippen LogP contribution in [0.5, 0.6) is 5.75 Å². The second-order valence-corrected chi connectivity index (χ2v) is 8.05. The molecule has 0 atom stereocenters. The lowest BCUT2D eigenvalue weighted by molar-refractivity contribution is -0.114. The summed E-state index contributed by atoms with van der Waals surface area (Å²) in [7, 11) is 0. The number of carbonyl (C=O) groups excluding carboxylic acids is 2. The Kier molecular flexibility index (Phi) is 9.99. The minimum atomic E-state index is -0.164. The lowest BCUT2D eigenvalue weighted by Gasteiger charge is -2.11. The van der Waals surface area contributed by atoms with Gasteiger partial charge in [-0.3, -0.25) is 9.59 Å². The van der Waals surface area contributed by atoms with Gasteiger partial charge in [0, 0.05) is 29.5 Å². The Balaban J connectivity index is 1.39. The Labute approximate surface area is 201 Å². The molecule has 0 fully saturated rings. The molecule has 3 aromatic rings. The molecule has 0 saturated carbocycles. The number of carbonyl (C=O) groups is 2. The zero-order valence-corrected chi connectivity index (χ0v) is 19.7. The molecule has 3 N–H and O–H groups in total. The zero-order chi connectivity index (χ0) is 24.0. The summed E-state index contributed by atoms with van der Waals surface area (Å²) in [5.41, 5.74) is 3.36. The molecule has 6 heteroatoms. The van der Waals surface area contributed by atoms with E-state index in [0.717, 1.165) is 37.1 Å². The lowest BCUT2D eigenvalue weighted by atomic mass is 10.1. The van der Waals surface area contributed by atoms with Crippen molar-refractivity contribution in [3.63, 3.8) is 0 Å². The van der Waals surface area contributed by atoms with Crippen LogP contribution >= 0.6 is 0 Å². The van der Waals surface area contributed by atoms with Crippen molar-refractivity contribution in [2.75, 3.05) is 30.3 Å². The van der Waals surface area contributed by atoms with E-state index in [-0.39, 0.29) is 18.4 Å². The van der Waals surface area contributed by atoms with Gasteiger partial charge in [0.05, 0.1) is 13.2 Å². The second-order valence-electron chi connectivity index (χ2n) is 8.05. The number of anilines is 2. The van der Waals surface area contributed by atoms with Crippen molar-refractivity contribution < 1.29 is 14.3 Å². The standard InChI is InChI=1S/C28H33N3O3/c1-2-3-18-29-28(33)23-14-16-24(17-15-23)30-21-27(32)31-25-12-7-13-26(20-25)34-19-8-11-22-9-5-4-6-10-22/h4-7,9-10,12-17,20,30H,2-3,8,11,18-19,21H2,1H3,(H,29,33)(H,31,32). The van der Waals surface area contributed by atoms with Crippen molar-refractivity contribution in [3.8, 4) is 5.75 Å². The number of rotatable bonds is 13. The average Bonchev–Trinajstić information content (AvgIpc) is 2.87. The summed E-state index contributed by atoms with van der Waals surface area (Å²) >= 11 is 0. The maximum absolute atomic E-state index is 12.4. The van der Waals surface area contributed by atoms with Crippen LogP contribution in [0, 0.1) is 0 Å². The fraction of sp³-hybridized carbons (Fsp3) is 0.286. The van der Waals surface area contributed by atoms with Crippen LogP contribution in [0.15, 0.2) is 78.9 Å². The molecule has 0 unspecified atom stereocenters. The van der Waals surface area contributed by atoms with E-state index in [0.29, 0.717) is 24.4 Å². The Morgan fingerprint density at radius 2 is 1.65 bits per heavy atom. The van der Waals surface area contributed by atoms with E-state index in [1.807, 2.05) is 42.5 Å². The SMILES string of the molecule is CCCCNC(=O)c1ccc(NCC(=O)Nc2cccc(OCCCc3ccccc3)c2)cc1. The summed E-state index contributed by atoms with van der Waals surface area (Å²) < 4.78 is 5.84. The van der Waals surface area contributed by atoms with Crippen molar-refractivity contribution in [1.82, 2.24) is 5.32 Å². The van der Waals surface area contributed by atoms with Crippen molar-refractivity contribution in [3.05, 3.63) is 90.0 Å². The average molecular weight is 460 g/mol. The Hall–Kier alpha value is -3.80. The Morgan fingerprint density at radius 3 is 2.41 bits per heavy atom. The molecule has 0 aliphatic heterocycles. The first-order chi connectivity index (χ1) is 16.6. The van der Waals surface area contributed by atoms with E-state index in [9.17, 15) is 9.59 Å². The molecule has 0 aromatic heterocycles. The van der Waals surface area contributed by atoms with Gasteiger partial charge in [-0.2, -0.15) is 0 Å². The number of benzene rings is 3. The monoisotopic (exact) mass is 459 g/mol. The molecule has 0 radical (unpaired) electrons. The van der Waals surface area contributed by atoms with Gasteiger partial charge in [-0.15, -0.1) is 0 Å². The van der Waals surface area contributed by atoms with Crippen LogP contribution in [0.1, 0.15) is 42.1 Å². The van der Waals surface area contributed by atoms with Gasteiger partial charge in [-0.05, 0) is 61.2 Å². The van der Waals surface area contributed by atoms with Crippen LogP contribution in [0.3, 0.4) is 0 Å². The van der Waals surface area contributed by atoms with E-state index in [2.05, 4.69) is 35.0 Å². The molecule has 34 heavy (non-hydrogen) atoms. The Bertz CT molecular complexity index is 1040. The summed E-state index contributed by atoms with van der Waals surface area (Å²) in [6.45, 7) is 3.49. The molecular formula is C28H33N3O3. The van der Waals surface area contributed by atoms with Gasteiger partial charge in [0.25, 0.3) is 5.91 Å². The smallest absolute Gasteiger partial charge is 0.251 e. The fourth-order valence-corrected chi connectivity index (χ4v) is 3.38. The predicted molar refractivity (Wildman–Crippen MR) is 138 cm³/mol. The van der Waals surface area contributed by atoms with Crippen molar-refractivity contribution in [2.45, 2.75) is 32.6 Å². The zero-order valence-electron chi connectivity index (χ0n) is 19.7. The van der Waals surface area contributed by atoms with Crippen molar-refractivity contribution >= 4 is 23.2 Å². The van der Waals surface area contributed by atoms with Gasteiger partial charge in [-0.1, -0.05) is 49.7 Å². The molecule has 0 aliphatic rings. The molecule has 3 aromatic carbocycles. The summed E-state index contributed by atoms with van der Waals surface area (Å²) in [6.07, 6.45) is 3.89. The molecule has 3 rings (SSSR count). The molecule has 0 aliphatic carbocycles. The molecule has 2 amide bonds. The normalized spacial score (nSPS) is 10.4. The first kappa shape index (κ1) is 24.8. The number of hydrogen-bond donors (Lipinski definition) is 3. The third-order valence-electron chi connectivity index (χ3n) is 5.26. The number of aryl methyl sites for hydroxylation is 1. The van der Waals surface area contributed by atoms with Crippen molar-refractivity contribution in [2.24, 2.45) is 0 Å². The van der Waals surface area contributed by atoms with Gasteiger partial charge in [-0.25, -0.2) is 0 Å². The van der Waals surface area contributed by atoms with Crippen molar-refractivity contribution in [1.29, 1.82) is 0 Å². The minimum absolute atomic E-state index is 0.0834. The largest absolute Gasteiger partial charge is 0.494 e. The summed E-state index contributed by atoms with van der Waals surface area (Å²) in [4.78, 5) is 24.4. The third-order valence-corrected chi connectivity index (χ3v) is 5.26. The topological polar surface area (TPSA) is 79.5 Å². The van der Waals surface area contributed by atoms with Gasteiger partial charge in [0.2, 0.25) is 5.91 Å². The first-order valence-corrected chi connectivity index (χ1v) is 11.8. The number of nitrogens with one attached hydrogen (secondary N) is 3. The van der Waals surface area contributed by atoms with E-state index >= 15 is 0 Å². The predicted octanol–water partition coefficient (Wildman–Crippen LogP) is 5.28. The van der Waals surface area contributed by atoms with Crippen LogP contribution in [-0.2, 0) is 11.2 Å². The number of unbranched alkanes of at least 4 members (excludes halogenated alkanes) is 1. The van der Waals surface area contributed by atoms with Gasteiger partial charge < -0.3 is 20.7 Å². The van der Waals surface area contributed by atoms with Gasteiger partial charge in [0.1, 0.15) is 5.75 Å². The highest BCUT2D eigenvalue weighted by atomic mass is 16.5. The van der Waals surface area contributed by atoms with E-state index in [1.165, 1.54) is 5.56 Å². The molecule has 0 heterocycles. The molecule has 178 valence electrons. The number of amides is 2. The molecule has 0 spiro atoms. The van der Waals surface area contributed by atoms with Crippen LogP contribution in [0.25, 0.3) is 0 Å². The highest BCUT2D eigenvalue weighted by molar-refractivity contribution is 5.95. The van der Waals surface area contributed by atoms with E-state index < -0.39 is 0 Å². The summed E-state index contributed by atoms with van der Waals surface area (Å²) in [6, 6.07) is 24.8. The van der Waals surface area contributed by atoms with Gasteiger partial charge in [0.15, 0.2) is 0 Å². The van der Waals surface area contributed by atoms with Crippen LogP contribution in [0.4, 0.5) is 11.4 Å². The highest BCUT2D eigenvalue weighted by Crippen LogP contribution is 2.18. The quantitative estimate of drug-likeness (QED) is 0.304. The second kappa shape index (κ2) is 13.7. The highest BCUT2D eigenvalue weighted by Gasteiger charge is 2.06. The van der Waals surface area contributed by atoms with Crippen LogP contribution in [0.2, 0.25) is 0 Å².